The van der Waals surface area contributed by atoms with Crippen molar-refractivity contribution in [3.63, 3.8) is 0 Å². The van der Waals surface area contributed by atoms with E-state index < -0.39 is 79.2 Å². The van der Waals surface area contributed by atoms with E-state index in [2.05, 4.69) is 0 Å². The van der Waals surface area contributed by atoms with Gasteiger partial charge >= 0.3 is 29.8 Å². The summed E-state index contributed by atoms with van der Waals surface area (Å²) in [6.45, 7) is 1.63. The molecule has 1 saturated heterocycles. The second-order valence-corrected chi connectivity index (χ2v) is 12.2. The minimum absolute atomic E-state index is 0.100. The van der Waals surface area contributed by atoms with Crippen molar-refractivity contribution < 1.29 is 57.5 Å². The maximum Gasteiger partial charge on any atom is 0.338 e. The lowest BCUT2D eigenvalue weighted by atomic mass is 9.94. The van der Waals surface area contributed by atoms with Gasteiger partial charge in [0.05, 0.1) is 34.3 Å². The molecule has 0 aromatic heterocycles. The lowest BCUT2D eigenvalue weighted by molar-refractivity contribution is -0.293. The summed E-state index contributed by atoms with van der Waals surface area (Å²) in [6.07, 6.45) is -8.28. The van der Waals surface area contributed by atoms with Crippen LogP contribution in [-0.2, 0) is 33.2 Å². The van der Waals surface area contributed by atoms with E-state index in [4.69, 9.17) is 28.4 Å². The molecule has 0 unspecified atom stereocenters. The number of rotatable bonds is 12. The van der Waals surface area contributed by atoms with E-state index in [1.54, 1.807) is 72.8 Å². The molecule has 0 bridgehead atoms. The Balaban J connectivity index is 1.58. The Kier molecular flexibility index (Phi) is 11.9. The second kappa shape index (κ2) is 16.7. The topological polar surface area (TPSA) is 161 Å². The van der Waals surface area contributed by atoms with Crippen molar-refractivity contribution in [1.82, 2.24) is 0 Å². The monoisotopic (exact) mass is 696 g/mol. The van der Waals surface area contributed by atoms with Crippen molar-refractivity contribution in [1.29, 1.82) is 0 Å². The van der Waals surface area contributed by atoms with Gasteiger partial charge in [-0.15, -0.1) is 0 Å². The Bertz CT molecular complexity index is 1800. The van der Waals surface area contributed by atoms with Gasteiger partial charge in [-0.05, 0) is 62.4 Å². The number of carbonyl (C=O) groups excluding carboxylic acids is 5. The highest BCUT2D eigenvalue weighted by molar-refractivity contribution is 5.91. The molecule has 264 valence electrons. The molecule has 1 heterocycles. The molecular weight excluding hydrogens is 660 g/mol. The Hall–Kier alpha value is -5.85. The van der Waals surface area contributed by atoms with Gasteiger partial charge in [0.15, 0.2) is 12.2 Å². The molecule has 12 nitrogen and oxygen atoms in total. The van der Waals surface area contributed by atoms with E-state index in [1.807, 2.05) is 0 Å². The van der Waals surface area contributed by atoms with Crippen molar-refractivity contribution in [2.45, 2.75) is 44.6 Å². The maximum absolute atomic E-state index is 13.6. The number of aliphatic hydroxyl groups excluding tert-OH is 1. The van der Waals surface area contributed by atoms with Crippen LogP contribution in [0.4, 0.5) is 0 Å². The average Bonchev–Trinajstić information content (AvgIpc) is 3.17. The van der Waals surface area contributed by atoms with Gasteiger partial charge in [-0.3, -0.25) is 4.79 Å². The van der Waals surface area contributed by atoms with Crippen LogP contribution >= 0.6 is 0 Å². The quantitative estimate of drug-likeness (QED) is 0.159. The first kappa shape index (κ1) is 36.4. The fourth-order valence-electron chi connectivity index (χ4n) is 4.95. The number of hydrogen-bond donors (Lipinski definition) is 1. The molecular formula is C39H36O12. The van der Waals surface area contributed by atoms with Crippen LogP contribution in [0.5, 0.6) is 0 Å². The van der Waals surface area contributed by atoms with E-state index in [1.165, 1.54) is 62.4 Å². The molecule has 51 heavy (non-hydrogen) atoms. The molecule has 4 aromatic carbocycles. The van der Waals surface area contributed by atoms with E-state index in [0.29, 0.717) is 0 Å². The Labute approximate surface area is 293 Å². The third-order valence-electron chi connectivity index (χ3n) is 7.91. The van der Waals surface area contributed by atoms with Crippen LogP contribution in [0.1, 0.15) is 55.3 Å². The number of carbonyl (C=O) groups is 5. The van der Waals surface area contributed by atoms with Crippen LogP contribution in [0, 0.1) is 5.41 Å². The third-order valence-corrected chi connectivity index (χ3v) is 7.91. The fraction of sp³-hybridized carbons (Fsp3) is 0.256. The molecule has 5 rings (SSSR count). The number of aliphatic hydroxyl groups is 1. The van der Waals surface area contributed by atoms with Gasteiger partial charge in [0.1, 0.15) is 12.7 Å². The average molecular weight is 697 g/mol. The Morgan fingerprint density at radius 1 is 0.549 bits per heavy atom. The van der Waals surface area contributed by atoms with Crippen LogP contribution in [-0.4, -0.2) is 78.9 Å². The molecule has 1 N–H and O–H groups in total. The molecule has 0 radical (unpaired) electrons. The summed E-state index contributed by atoms with van der Waals surface area (Å²) in [5, 5.41) is 9.89. The van der Waals surface area contributed by atoms with Crippen molar-refractivity contribution in [3.8, 4) is 0 Å². The van der Waals surface area contributed by atoms with E-state index in [-0.39, 0.29) is 22.3 Å². The zero-order chi connectivity index (χ0) is 36.4. The van der Waals surface area contributed by atoms with Crippen LogP contribution < -0.4 is 0 Å². The molecule has 0 saturated carbocycles. The highest BCUT2D eigenvalue weighted by Crippen LogP contribution is 2.33. The molecule has 1 aliphatic heterocycles. The van der Waals surface area contributed by atoms with Crippen LogP contribution in [0.2, 0.25) is 0 Å². The van der Waals surface area contributed by atoms with Crippen molar-refractivity contribution >= 4 is 29.8 Å². The molecule has 12 heteroatoms. The number of esters is 5. The molecule has 1 fully saturated rings. The smallest absolute Gasteiger partial charge is 0.338 e. The van der Waals surface area contributed by atoms with Gasteiger partial charge in [0.2, 0.25) is 12.4 Å². The van der Waals surface area contributed by atoms with Gasteiger partial charge in [0.25, 0.3) is 0 Å². The highest BCUT2D eigenvalue weighted by atomic mass is 16.7. The maximum atomic E-state index is 13.6. The fourth-order valence-corrected chi connectivity index (χ4v) is 4.95. The van der Waals surface area contributed by atoms with E-state index in [0.717, 1.165) is 0 Å². The predicted octanol–water partition coefficient (Wildman–Crippen LogP) is 4.81. The number of benzene rings is 4. The second-order valence-electron chi connectivity index (χ2n) is 12.2. The van der Waals surface area contributed by atoms with Gasteiger partial charge in [0, 0.05) is 0 Å². The van der Waals surface area contributed by atoms with Gasteiger partial charge in [-0.25, -0.2) is 19.2 Å². The number of hydrogen-bond acceptors (Lipinski definition) is 12. The minimum Gasteiger partial charge on any atom is -0.459 e. The van der Waals surface area contributed by atoms with Crippen molar-refractivity contribution in [2.24, 2.45) is 5.41 Å². The van der Waals surface area contributed by atoms with Crippen LogP contribution in [0.3, 0.4) is 0 Å². The Morgan fingerprint density at radius 3 is 1.33 bits per heavy atom. The van der Waals surface area contributed by atoms with Crippen LogP contribution in [0.15, 0.2) is 121 Å². The Morgan fingerprint density at radius 2 is 0.922 bits per heavy atom. The zero-order valence-electron chi connectivity index (χ0n) is 27.8. The van der Waals surface area contributed by atoms with Gasteiger partial charge in [-0.2, -0.15) is 0 Å². The molecule has 5 atom stereocenters. The summed E-state index contributed by atoms with van der Waals surface area (Å²) in [4.78, 5) is 67.1. The van der Waals surface area contributed by atoms with E-state index >= 15 is 0 Å². The van der Waals surface area contributed by atoms with Crippen LogP contribution in [0.25, 0.3) is 0 Å². The lowest BCUT2D eigenvalue weighted by Gasteiger charge is -2.44. The molecule has 0 spiro atoms. The largest absolute Gasteiger partial charge is 0.459 e. The standard InChI is InChI=1S/C39H36O12/c1-39(2,24-40)38(45)51-37-32(50-36(44)28-21-13-6-14-22-28)31(49-35(43)27-19-11-5-12-20-27)30(48-34(42)26-17-9-4-10-18-26)29(47-37)23-46-33(41)25-15-7-3-8-16-25/h3-22,29-32,37,40H,23-24H2,1-2H3/t29-,30-,31+,32-,37+/m1/s1. The summed E-state index contributed by atoms with van der Waals surface area (Å²) in [6, 6.07) is 31.7. The summed E-state index contributed by atoms with van der Waals surface area (Å²) >= 11 is 0. The van der Waals surface area contributed by atoms with Crippen molar-refractivity contribution in [2.75, 3.05) is 13.2 Å². The first-order chi connectivity index (χ1) is 24.6. The first-order valence-corrected chi connectivity index (χ1v) is 16.0. The summed E-state index contributed by atoms with van der Waals surface area (Å²) < 4.78 is 35.2. The first-order valence-electron chi connectivity index (χ1n) is 16.0. The lowest BCUT2D eigenvalue weighted by Crippen LogP contribution is -2.63. The summed E-state index contributed by atoms with van der Waals surface area (Å²) in [5.74, 6) is -4.38. The van der Waals surface area contributed by atoms with Gasteiger partial charge in [-0.1, -0.05) is 72.8 Å². The molecule has 4 aromatic rings. The normalized spacial score (nSPS) is 19.9. The van der Waals surface area contributed by atoms with E-state index in [9.17, 15) is 29.1 Å². The molecule has 0 amide bonds. The molecule has 0 aliphatic carbocycles. The zero-order valence-corrected chi connectivity index (χ0v) is 27.8. The summed E-state index contributed by atoms with van der Waals surface area (Å²) in [5.41, 5.74) is -0.905. The number of ether oxygens (including phenoxy) is 6. The summed E-state index contributed by atoms with van der Waals surface area (Å²) in [7, 11) is 0. The van der Waals surface area contributed by atoms with Gasteiger partial charge < -0.3 is 33.5 Å². The minimum atomic E-state index is -1.81. The SMILES string of the molecule is CC(C)(CO)C(=O)O[C@@H]1O[C@H](COC(=O)c2ccccc2)[C@@H](OC(=O)c2ccccc2)[C@H](OC(=O)c2ccccc2)[C@H]1OC(=O)c1ccccc1. The molecule has 1 aliphatic rings. The third kappa shape index (κ3) is 9.24. The predicted molar refractivity (Wildman–Crippen MR) is 179 cm³/mol. The van der Waals surface area contributed by atoms with Crippen molar-refractivity contribution in [3.05, 3.63) is 144 Å². The highest BCUT2D eigenvalue weighted by Gasteiger charge is 2.55.